The van der Waals surface area contributed by atoms with Crippen LogP contribution in [0.1, 0.15) is 25.7 Å². The Morgan fingerprint density at radius 1 is 1.45 bits per heavy atom. The maximum absolute atomic E-state index is 12.5. The molecule has 0 spiro atoms. The van der Waals surface area contributed by atoms with Gasteiger partial charge in [-0.2, -0.15) is 0 Å². The molecule has 1 aliphatic rings. The van der Waals surface area contributed by atoms with Gasteiger partial charge in [0, 0.05) is 23.7 Å². The number of rotatable bonds is 5. The van der Waals surface area contributed by atoms with E-state index in [2.05, 4.69) is 17.1 Å². The van der Waals surface area contributed by atoms with E-state index in [4.69, 9.17) is 16.0 Å². The molecule has 1 fully saturated rings. The normalized spacial score (nSPS) is 18.2. The van der Waals surface area contributed by atoms with Gasteiger partial charge in [0.15, 0.2) is 0 Å². The van der Waals surface area contributed by atoms with Crippen LogP contribution in [0.15, 0.2) is 33.9 Å². The van der Waals surface area contributed by atoms with Crippen LogP contribution in [0.2, 0.25) is 5.02 Å². The number of hydrogen-bond donors (Lipinski definition) is 0. The van der Waals surface area contributed by atoms with Gasteiger partial charge in [0.05, 0.1) is 5.25 Å². The summed E-state index contributed by atoms with van der Waals surface area (Å²) in [6, 6.07) is 7.34. The first kappa shape index (κ1) is 15.4. The van der Waals surface area contributed by atoms with Crippen LogP contribution >= 0.6 is 23.4 Å². The number of carbonyl (C=O) groups is 1. The molecule has 1 atom stereocenters. The molecular formula is C15H16ClN3O2S. The molecule has 116 valence electrons. The van der Waals surface area contributed by atoms with Gasteiger partial charge in [-0.05, 0) is 31.0 Å². The highest BCUT2D eigenvalue weighted by Crippen LogP contribution is 2.33. The molecule has 0 aliphatic carbocycles. The van der Waals surface area contributed by atoms with Gasteiger partial charge in [0.2, 0.25) is 11.8 Å². The molecule has 0 radical (unpaired) electrons. The molecule has 1 saturated heterocycles. The minimum Gasteiger partial charge on any atom is -0.416 e. The summed E-state index contributed by atoms with van der Waals surface area (Å²) >= 11 is 7.34. The van der Waals surface area contributed by atoms with Crippen molar-refractivity contribution in [2.45, 2.75) is 36.7 Å². The Labute approximate surface area is 138 Å². The Hall–Kier alpha value is -1.53. The average molecular weight is 338 g/mol. The molecule has 2 heterocycles. The zero-order valence-electron chi connectivity index (χ0n) is 12.2. The lowest BCUT2D eigenvalue weighted by atomic mass is 10.3. The second-order valence-electron chi connectivity index (χ2n) is 5.08. The summed E-state index contributed by atoms with van der Waals surface area (Å²) < 4.78 is 5.54. The van der Waals surface area contributed by atoms with Gasteiger partial charge < -0.3 is 9.32 Å². The molecule has 1 aromatic carbocycles. The van der Waals surface area contributed by atoms with Crippen LogP contribution in [0, 0.1) is 0 Å². The molecule has 5 nitrogen and oxygen atoms in total. The van der Waals surface area contributed by atoms with E-state index in [9.17, 15) is 4.79 Å². The Kier molecular flexibility index (Phi) is 4.69. The molecule has 0 saturated carbocycles. The number of anilines is 1. The number of benzene rings is 1. The lowest BCUT2D eigenvalue weighted by Gasteiger charge is -2.16. The minimum absolute atomic E-state index is 0.0579. The van der Waals surface area contributed by atoms with Crippen LogP contribution in [-0.2, 0) is 11.2 Å². The highest BCUT2D eigenvalue weighted by atomic mass is 35.5. The second-order valence-corrected chi connectivity index (χ2v) is 6.67. The summed E-state index contributed by atoms with van der Waals surface area (Å²) in [6.07, 6.45) is 2.47. The van der Waals surface area contributed by atoms with Gasteiger partial charge in [-0.3, -0.25) is 4.79 Å². The van der Waals surface area contributed by atoms with Crippen molar-refractivity contribution in [2.75, 3.05) is 11.4 Å². The van der Waals surface area contributed by atoms with Crippen LogP contribution in [-0.4, -0.2) is 27.9 Å². The summed E-state index contributed by atoms with van der Waals surface area (Å²) in [7, 11) is 0. The lowest BCUT2D eigenvalue weighted by Crippen LogP contribution is -2.27. The van der Waals surface area contributed by atoms with Gasteiger partial charge in [-0.25, -0.2) is 0 Å². The van der Waals surface area contributed by atoms with Gasteiger partial charge in [0.1, 0.15) is 0 Å². The molecule has 2 aromatic rings. The molecule has 0 bridgehead atoms. The van der Waals surface area contributed by atoms with Crippen molar-refractivity contribution in [3.05, 3.63) is 35.2 Å². The third-order valence-electron chi connectivity index (χ3n) is 3.43. The topological polar surface area (TPSA) is 59.2 Å². The highest BCUT2D eigenvalue weighted by Gasteiger charge is 2.34. The number of nitrogens with zero attached hydrogens (tertiary/aromatic N) is 3. The number of amides is 1. The van der Waals surface area contributed by atoms with Crippen molar-refractivity contribution >= 4 is 35.0 Å². The molecular weight excluding hydrogens is 322 g/mol. The maximum atomic E-state index is 12.5. The molecule has 1 aliphatic heterocycles. The van der Waals surface area contributed by atoms with Crippen molar-refractivity contribution < 1.29 is 9.21 Å². The Bertz CT molecular complexity index is 676. The van der Waals surface area contributed by atoms with Crippen molar-refractivity contribution in [3.8, 4) is 0 Å². The minimum atomic E-state index is -0.186. The van der Waals surface area contributed by atoms with E-state index in [1.165, 1.54) is 11.8 Å². The third-order valence-corrected chi connectivity index (χ3v) is 4.76. The fraction of sp³-hybridized carbons (Fsp3) is 0.400. The van der Waals surface area contributed by atoms with Crippen molar-refractivity contribution in [3.63, 3.8) is 0 Å². The summed E-state index contributed by atoms with van der Waals surface area (Å²) in [6.45, 7) is 2.73. The molecule has 22 heavy (non-hydrogen) atoms. The third kappa shape index (κ3) is 3.28. The van der Waals surface area contributed by atoms with E-state index >= 15 is 0 Å². The summed E-state index contributed by atoms with van der Waals surface area (Å²) in [5, 5.41) is 8.89. The van der Waals surface area contributed by atoms with Crippen LogP contribution in [0.5, 0.6) is 0 Å². The van der Waals surface area contributed by atoms with E-state index in [0.29, 0.717) is 22.7 Å². The van der Waals surface area contributed by atoms with Crippen molar-refractivity contribution in [2.24, 2.45) is 0 Å². The van der Waals surface area contributed by atoms with Gasteiger partial charge in [0.25, 0.3) is 5.22 Å². The van der Waals surface area contributed by atoms with Crippen molar-refractivity contribution in [1.29, 1.82) is 0 Å². The first-order chi connectivity index (χ1) is 10.7. The smallest absolute Gasteiger partial charge is 0.277 e. The first-order valence-corrected chi connectivity index (χ1v) is 8.49. The summed E-state index contributed by atoms with van der Waals surface area (Å²) in [5.41, 5.74) is 0.831. The zero-order chi connectivity index (χ0) is 15.5. The van der Waals surface area contributed by atoms with Crippen molar-refractivity contribution in [1.82, 2.24) is 10.2 Å². The Morgan fingerprint density at radius 2 is 2.32 bits per heavy atom. The monoisotopic (exact) mass is 337 g/mol. The Morgan fingerprint density at radius 3 is 3.09 bits per heavy atom. The van der Waals surface area contributed by atoms with Crippen LogP contribution in [0.3, 0.4) is 0 Å². The number of hydrogen-bond acceptors (Lipinski definition) is 5. The van der Waals surface area contributed by atoms with E-state index < -0.39 is 0 Å². The standard InChI is InChI=1S/C15H16ClN3O2S/c1-2-4-13-17-18-15(21-13)22-12-7-8-19(14(12)20)11-6-3-5-10(16)9-11/h3,5-6,9,12H,2,4,7-8H2,1H3/t12-/m0/s1. The molecule has 3 rings (SSSR count). The predicted molar refractivity (Wildman–Crippen MR) is 86.4 cm³/mol. The first-order valence-electron chi connectivity index (χ1n) is 7.23. The van der Waals surface area contributed by atoms with E-state index in [0.717, 1.165) is 24.9 Å². The van der Waals surface area contributed by atoms with Crippen LogP contribution in [0.25, 0.3) is 0 Å². The van der Waals surface area contributed by atoms with E-state index in [1.807, 2.05) is 12.1 Å². The fourth-order valence-corrected chi connectivity index (χ4v) is 3.50. The summed E-state index contributed by atoms with van der Waals surface area (Å²) in [5.74, 6) is 0.685. The van der Waals surface area contributed by atoms with E-state index in [-0.39, 0.29) is 11.2 Å². The van der Waals surface area contributed by atoms with Crippen LogP contribution < -0.4 is 4.90 Å². The van der Waals surface area contributed by atoms with Gasteiger partial charge >= 0.3 is 0 Å². The van der Waals surface area contributed by atoms with Gasteiger partial charge in [-0.1, -0.05) is 36.4 Å². The van der Waals surface area contributed by atoms with Gasteiger partial charge in [-0.15, -0.1) is 10.2 Å². The highest BCUT2D eigenvalue weighted by molar-refractivity contribution is 8.00. The number of aryl methyl sites for hydroxylation is 1. The molecule has 0 unspecified atom stereocenters. The van der Waals surface area contributed by atoms with Crippen LogP contribution in [0.4, 0.5) is 5.69 Å². The molecule has 1 aromatic heterocycles. The number of aromatic nitrogens is 2. The predicted octanol–water partition coefficient (Wildman–Crippen LogP) is 3.57. The Balaban J connectivity index is 1.68. The molecule has 1 amide bonds. The lowest BCUT2D eigenvalue weighted by molar-refractivity contribution is -0.116. The maximum Gasteiger partial charge on any atom is 0.277 e. The quantitative estimate of drug-likeness (QED) is 0.834. The fourth-order valence-electron chi connectivity index (χ4n) is 2.39. The van der Waals surface area contributed by atoms with E-state index in [1.54, 1.807) is 17.0 Å². The summed E-state index contributed by atoms with van der Waals surface area (Å²) in [4.78, 5) is 14.3. The molecule has 0 N–H and O–H groups in total. The molecule has 7 heteroatoms. The number of halogens is 1. The zero-order valence-corrected chi connectivity index (χ0v) is 13.7. The largest absolute Gasteiger partial charge is 0.416 e. The average Bonchev–Trinajstić information content (AvgIpc) is 3.08. The SMILES string of the molecule is CCCc1nnc(S[C@H]2CCN(c3cccc(Cl)c3)C2=O)o1. The second kappa shape index (κ2) is 6.71. The number of thioether (sulfide) groups is 1. The number of carbonyl (C=O) groups excluding carboxylic acids is 1.